The fourth-order valence-electron chi connectivity index (χ4n) is 4.09. The predicted octanol–water partition coefficient (Wildman–Crippen LogP) is 2.43. The largest absolute Gasteiger partial charge is 0.355 e. The zero-order valence-corrected chi connectivity index (χ0v) is 13.9. The Hall–Kier alpha value is -2.43. The highest BCUT2D eigenvalue weighted by molar-refractivity contribution is 5.81. The number of anilines is 1. The van der Waals surface area contributed by atoms with Gasteiger partial charge in [-0.05, 0) is 37.5 Å². The van der Waals surface area contributed by atoms with Crippen LogP contribution in [0.3, 0.4) is 0 Å². The van der Waals surface area contributed by atoms with Crippen LogP contribution in [0, 0.1) is 6.92 Å². The third-order valence-corrected chi connectivity index (χ3v) is 5.41. The molecule has 1 spiro atoms. The molecule has 4 rings (SSSR count). The summed E-state index contributed by atoms with van der Waals surface area (Å²) in [6.07, 6.45) is 2.47. The van der Waals surface area contributed by atoms with Crippen LogP contribution in [0.2, 0.25) is 0 Å². The molecule has 2 aliphatic rings. The van der Waals surface area contributed by atoms with Gasteiger partial charge in [0.15, 0.2) is 5.82 Å². The molecule has 1 N–H and O–H groups in total. The molecule has 1 aromatic heterocycles. The second-order valence-corrected chi connectivity index (χ2v) is 6.89. The van der Waals surface area contributed by atoms with Crippen LogP contribution in [0.25, 0.3) is 0 Å². The first-order chi connectivity index (χ1) is 11.7. The van der Waals surface area contributed by atoms with Crippen molar-refractivity contribution in [3.8, 4) is 0 Å². The number of aryl methyl sites for hydroxylation is 1. The monoisotopic (exact) mass is 322 g/mol. The Labute approximate surface area is 142 Å². The molecule has 3 heterocycles. The van der Waals surface area contributed by atoms with Crippen LogP contribution >= 0.6 is 0 Å². The Balaban J connectivity index is 1.54. The lowest BCUT2D eigenvalue weighted by Gasteiger charge is -2.43. The summed E-state index contributed by atoms with van der Waals surface area (Å²) in [5, 5.41) is 11.8. The number of nitrogens with one attached hydrogen (secondary N) is 1. The SMILES string of the molecule is Cc1ccc(N2CCC3(CC2)NC(=O)C[C@H]3c2ccccc2)nn1. The fourth-order valence-corrected chi connectivity index (χ4v) is 4.09. The van der Waals surface area contributed by atoms with Crippen LogP contribution in [-0.2, 0) is 4.79 Å². The maximum Gasteiger partial charge on any atom is 0.221 e. The third kappa shape index (κ3) is 2.64. The molecule has 124 valence electrons. The van der Waals surface area contributed by atoms with E-state index in [4.69, 9.17) is 0 Å². The average molecular weight is 322 g/mol. The van der Waals surface area contributed by atoms with E-state index >= 15 is 0 Å². The molecule has 2 saturated heterocycles. The molecule has 0 radical (unpaired) electrons. The number of piperidine rings is 1. The first-order valence-electron chi connectivity index (χ1n) is 8.58. The minimum absolute atomic E-state index is 0.118. The number of aromatic nitrogens is 2. The zero-order chi connectivity index (χ0) is 16.6. The highest BCUT2D eigenvalue weighted by Crippen LogP contribution is 2.43. The van der Waals surface area contributed by atoms with Gasteiger partial charge in [-0.2, -0.15) is 5.10 Å². The van der Waals surface area contributed by atoms with Crippen LogP contribution in [0.15, 0.2) is 42.5 Å². The van der Waals surface area contributed by atoms with Gasteiger partial charge in [-0.1, -0.05) is 30.3 Å². The molecule has 5 heteroatoms. The van der Waals surface area contributed by atoms with Gasteiger partial charge in [0.2, 0.25) is 5.91 Å². The van der Waals surface area contributed by atoms with Gasteiger partial charge in [0.1, 0.15) is 0 Å². The fraction of sp³-hybridized carbons (Fsp3) is 0.421. The van der Waals surface area contributed by atoms with Crippen molar-refractivity contribution in [2.24, 2.45) is 0 Å². The molecule has 0 aliphatic carbocycles. The molecule has 1 amide bonds. The summed E-state index contributed by atoms with van der Waals surface area (Å²) < 4.78 is 0. The summed E-state index contributed by atoms with van der Waals surface area (Å²) in [7, 11) is 0. The second kappa shape index (κ2) is 5.89. The summed E-state index contributed by atoms with van der Waals surface area (Å²) in [5.74, 6) is 1.36. The number of amides is 1. The number of rotatable bonds is 2. The summed E-state index contributed by atoms with van der Waals surface area (Å²) in [5.41, 5.74) is 2.08. The van der Waals surface area contributed by atoms with Crippen molar-refractivity contribution in [1.82, 2.24) is 15.5 Å². The van der Waals surface area contributed by atoms with Crippen molar-refractivity contribution >= 4 is 11.7 Å². The van der Waals surface area contributed by atoms with E-state index in [1.807, 2.05) is 25.1 Å². The van der Waals surface area contributed by atoms with E-state index in [2.05, 4.69) is 44.7 Å². The normalized spacial score (nSPS) is 22.6. The van der Waals surface area contributed by atoms with E-state index < -0.39 is 0 Å². The quantitative estimate of drug-likeness (QED) is 0.922. The van der Waals surface area contributed by atoms with E-state index in [-0.39, 0.29) is 17.4 Å². The van der Waals surface area contributed by atoms with Crippen molar-refractivity contribution in [3.63, 3.8) is 0 Å². The van der Waals surface area contributed by atoms with E-state index in [1.54, 1.807) is 0 Å². The predicted molar refractivity (Wildman–Crippen MR) is 92.9 cm³/mol. The van der Waals surface area contributed by atoms with Gasteiger partial charge in [0, 0.05) is 25.4 Å². The molecule has 0 unspecified atom stereocenters. The Kier molecular flexibility index (Phi) is 3.71. The molecule has 2 aliphatic heterocycles. The summed E-state index contributed by atoms with van der Waals surface area (Å²) in [6.45, 7) is 3.73. The van der Waals surface area contributed by atoms with Crippen LogP contribution in [0.1, 0.15) is 36.4 Å². The van der Waals surface area contributed by atoms with Gasteiger partial charge in [-0.3, -0.25) is 4.79 Å². The lowest BCUT2D eigenvalue weighted by Crippen LogP contribution is -2.53. The minimum Gasteiger partial charge on any atom is -0.355 e. The smallest absolute Gasteiger partial charge is 0.221 e. The lowest BCUT2D eigenvalue weighted by molar-refractivity contribution is -0.119. The Morgan fingerprint density at radius 2 is 1.83 bits per heavy atom. The van der Waals surface area contributed by atoms with Crippen molar-refractivity contribution in [2.45, 2.75) is 37.6 Å². The minimum atomic E-state index is -0.118. The van der Waals surface area contributed by atoms with Crippen molar-refractivity contribution < 1.29 is 4.79 Å². The maximum atomic E-state index is 12.1. The first kappa shape index (κ1) is 15.1. The van der Waals surface area contributed by atoms with Gasteiger partial charge in [-0.25, -0.2) is 0 Å². The number of carbonyl (C=O) groups is 1. The first-order valence-corrected chi connectivity index (χ1v) is 8.58. The number of benzene rings is 1. The van der Waals surface area contributed by atoms with Crippen LogP contribution < -0.4 is 10.2 Å². The van der Waals surface area contributed by atoms with Crippen molar-refractivity contribution in [2.75, 3.05) is 18.0 Å². The van der Waals surface area contributed by atoms with Crippen molar-refractivity contribution in [3.05, 3.63) is 53.7 Å². The molecular weight excluding hydrogens is 300 g/mol. The third-order valence-electron chi connectivity index (χ3n) is 5.41. The maximum absolute atomic E-state index is 12.1. The molecule has 1 aromatic carbocycles. The number of carbonyl (C=O) groups excluding carboxylic acids is 1. The summed E-state index contributed by atoms with van der Waals surface area (Å²) in [6, 6.07) is 14.5. The molecular formula is C19H22N4O. The van der Waals surface area contributed by atoms with Gasteiger partial charge in [-0.15, -0.1) is 5.10 Å². The van der Waals surface area contributed by atoms with E-state index in [9.17, 15) is 4.79 Å². The van der Waals surface area contributed by atoms with Gasteiger partial charge in [0.05, 0.1) is 11.2 Å². The van der Waals surface area contributed by atoms with Gasteiger partial charge >= 0.3 is 0 Å². The van der Waals surface area contributed by atoms with E-state index in [0.29, 0.717) is 6.42 Å². The zero-order valence-electron chi connectivity index (χ0n) is 13.9. The number of hydrogen-bond donors (Lipinski definition) is 1. The summed E-state index contributed by atoms with van der Waals surface area (Å²) >= 11 is 0. The molecule has 0 saturated carbocycles. The topological polar surface area (TPSA) is 58.1 Å². The van der Waals surface area contributed by atoms with E-state index in [1.165, 1.54) is 5.56 Å². The van der Waals surface area contributed by atoms with Crippen LogP contribution in [0.4, 0.5) is 5.82 Å². The Morgan fingerprint density at radius 1 is 1.08 bits per heavy atom. The molecule has 2 fully saturated rings. The average Bonchev–Trinajstić information content (AvgIpc) is 2.93. The highest BCUT2D eigenvalue weighted by Gasteiger charge is 2.48. The second-order valence-electron chi connectivity index (χ2n) is 6.89. The van der Waals surface area contributed by atoms with Gasteiger partial charge in [0.25, 0.3) is 0 Å². The van der Waals surface area contributed by atoms with Crippen molar-refractivity contribution in [1.29, 1.82) is 0 Å². The molecule has 1 atom stereocenters. The summed E-state index contributed by atoms with van der Waals surface area (Å²) in [4.78, 5) is 14.4. The molecule has 5 nitrogen and oxygen atoms in total. The lowest BCUT2D eigenvalue weighted by atomic mass is 9.74. The van der Waals surface area contributed by atoms with Gasteiger partial charge < -0.3 is 10.2 Å². The molecule has 2 aromatic rings. The Morgan fingerprint density at radius 3 is 2.50 bits per heavy atom. The number of nitrogens with zero attached hydrogens (tertiary/aromatic N) is 3. The molecule has 0 bridgehead atoms. The van der Waals surface area contributed by atoms with Crippen LogP contribution in [-0.4, -0.2) is 34.7 Å². The standard InChI is InChI=1S/C19H22N4O/c1-14-7-8-17(22-21-14)23-11-9-19(10-12-23)16(13-18(24)20-19)15-5-3-2-4-6-15/h2-8,16H,9-13H2,1H3,(H,20,24)/t16-/m0/s1. The highest BCUT2D eigenvalue weighted by atomic mass is 16.2. The van der Waals surface area contributed by atoms with E-state index in [0.717, 1.165) is 37.4 Å². The number of hydrogen-bond acceptors (Lipinski definition) is 4. The molecule has 24 heavy (non-hydrogen) atoms. The van der Waals surface area contributed by atoms with Crippen LogP contribution in [0.5, 0.6) is 0 Å². The Bertz CT molecular complexity index is 721.